The third-order valence-corrected chi connectivity index (χ3v) is 6.30. The summed E-state index contributed by atoms with van der Waals surface area (Å²) in [6.45, 7) is 1.89. The van der Waals surface area contributed by atoms with E-state index >= 15 is 0 Å². The molecule has 1 aliphatic heterocycles. The second-order valence-electron chi connectivity index (χ2n) is 5.27. The van der Waals surface area contributed by atoms with Gasteiger partial charge in [0.25, 0.3) is 0 Å². The topological polar surface area (TPSA) is 53.4 Å². The lowest BCUT2D eigenvalue weighted by molar-refractivity contribution is -0.138. The van der Waals surface area contributed by atoms with Gasteiger partial charge in [0.1, 0.15) is 5.92 Å². The van der Waals surface area contributed by atoms with E-state index in [1.807, 2.05) is 11.3 Å². The lowest BCUT2D eigenvalue weighted by Gasteiger charge is -2.26. The summed E-state index contributed by atoms with van der Waals surface area (Å²) in [6, 6.07) is 2.19. The molecule has 3 heterocycles. The first-order valence-electron chi connectivity index (χ1n) is 6.75. The van der Waals surface area contributed by atoms with Gasteiger partial charge in [-0.2, -0.15) is 0 Å². The van der Waals surface area contributed by atoms with Gasteiger partial charge in [-0.1, -0.05) is 0 Å². The zero-order valence-electron chi connectivity index (χ0n) is 10.8. The van der Waals surface area contributed by atoms with Crippen molar-refractivity contribution in [3.63, 3.8) is 0 Å². The van der Waals surface area contributed by atoms with Crippen LogP contribution in [0.3, 0.4) is 0 Å². The van der Waals surface area contributed by atoms with Crippen LogP contribution in [0.1, 0.15) is 33.4 Å². The lowest BCUT2D eigenvalue weighted by Crippen LogP contribution is -2.29. The van der Waals surface area contributed by atoms with Crippen molar-refractivity contribution in [2.24, 2.45) is 0 Å². The summed E-state index contributed by atoms with van der Waals surface area (Å²) in [5, 5.41) is 12.4. The first-order chi connectivity index (χ1) is 9.72. The Morgan fingerprint density at radius 3 is 3.15 bits per heavy atom. The van der Waals surface area contributed by atoms with E-state index in [1.54, 1.807) is 11.3 Å². The minimum absolute atomic E-state index is 0.392. The Morgan fingerprint density at radius 1 is 1.40 bits per heavy atom. The fraction of sp³-hybridized carbons (Fsp3) is 0.429. The number of aryl methyl sites for hydroxylation is 1. The van der Waals surface area contributed by atoms with E-state index in [1.165, 1.54) is 15.3 Å². The smallest absolute Gasteiger partial charge is 0.312 e. The number of hydrogen-bond acceptors (Lipinski definition) is 5. The fourth-order valence-corrected chi connectivity index (χ4v) is 5.05. The van der Waals surface area contributed by atoms with Gasteiger partial charge in [0, 0.05) is 22.8 Å². The molecular weight excluding hydrogens is 292 g/mol. The maximum absolute atomic E-state index is 11.2. The summed E-state index contributed by atoms with van der Waals surface area (Å²) in [5.74, 6) is -1.13. The molecule has 1 aliphatic carbocycles. The number of carboxylic acid groups (broad SMARTS) is 1. The van der Waals surface area contributed by atoms with Crippen LogP contribution in [-0.2, 0) is 24.2 Å². The molecule has 0 saturated carbocycles. The monoisotopic (exact) mass is 306 g/mol. The van der Waals surface area contributed by atoms with Crippen LogP contribution in [0.2, 0.25) is 0 Å². The molecule has 6 heteroatoms. The van der Waals surface area contributed by atoms with Gasteiger partial charge < -0.3 is 10.0 Å². The van der Waals surface area contributed by atoms with Gasteiger partial charge in [0.2, 0.25) is 0 Å². The predicted octanol–water partition coefficient (Wildman–Crippen LogP) is 2.88. The number of aromatic nitrogens is 1. The van der Waals surface area contributed by atoms with Crippen LogP contribution in [0.25, 0.3) is 0 Å². The summed E-state index contributed by atoms with van der Waals surface area (Å²) >= 11 is 3.51. The van der Waals surface area contributed by atoms with E-state index in [-0.39, 0.29) is 0 Å². The van der Waals surface area contributed by atoms with Crippen LogP contribution >= 0.6 is 22.7 Å². The number of nitrogens with zero attached hydrogens (tertiary/aromatic N) is 2. The molecule has 0 radical (unpaired) electrons. The van der Waals surface area contributed by atoms with Gasteiger partial charge in [0.15, 0.2) is 5.13 Å². The minimum atomic E-state index is -0.737. The maximum Gasteiger partial charge on any atom is 0.312 e. The predicted molar refractivity (Wildman–Crippen MR) is 79.9 cm³/mol. The van der Waals surface area contributed by atoms with Gasteiger partial charge in [-0.05, 0) is 36.3 Å². The lowest BCUT2D eigenvalue weighted by atomic mass is 10.1. The molecule has 0 bridgehead atoms. The summed E-state index contributed by atoms with van der Waals surface area (Å²) in [5.41, 5.74) is 2.21. The van der Waals surface area contributed by atoms with Crippen molar-refractivity contribution >= 4 is 33.8 Å². The van der Waals surface area contributed by atoms with Crippen LogP contribution in [0, 0.1) is 0 Å². The highest BCUT2D eigenvalue weighted by Crippen LogP contribution is 2.40. The molecular formula is C14H14N2O2S2. The maximum atomic E-state index is 11.2. The molecule has 2 aromatic rings. The molecule has 4 rings (SSSR count). The van der Waals surface area contributed by atoms with E-state index in [0.29, 0.717) is 6.42 Å². The van der Waals surface area contributed by atoms with Crippen LogP contribution in [0.5, 0.6) is 0 Å². The van der Waals surface area contributed by atoms with Gasteiger partial charge in [0.05, 0.1) is 5.69 Å². The summed E-state index contributed by atoms with van der Waals surface area (Å²) in [6.07, 6.45) is 2.64. The highest BCUT2D eigenvalue weighted by molar-refractivity contribution is 7.15. The summed E-state index contributed by atoms with van der Waals surface area (Å²) in [4.78, 5) is 20.8. The first kappa shape index (κ1) is 12.3. The number of fused-ring (bicyclic) bond motifs is 2. The van der Waals surface area contributed by atoms with Gasteiger partial charge in [-0.3, -0.25) is 4.79 Å². The van der Waals surface area contributed by atoms with E-state index in [9.17, 15) is 9.90 Å². The average molecular weight is 306 g/mol. The number of hydrogen-bond donors (Lipinski definition) is 1. The fourth-order valence-electron chi connectivity index (χ4n) is 3.00. The summed E-state index contributed by atoms with van der Waals surface area (Å²) in [7, 11) is 0. The molecule has 104 valence electrons. The normalized spacial score (nSPS) is 20.8. The number of thiophene rings is 1. The molecule has 1 unspecified atom stereocenters. The zero-order chi connectivity index (χ0) is 13.7. The Hall–Kier alpha value is -1.40. The molecule has 0 aromatic carbocycles. The van der Waals surface area contributed by atoms with E-state index in [2.05, 4.69) is 21.3 Å². The first-order valence-corrected chi connectivity index (χ1v) is 8.44. The second-order valence-corrected chi connectivity index (χ2v) is 7.34. The molecule has 1 N–H and O–H groups in total. The Bertz CT molecular complexity index is 677. The van der Waals surface area contributed by atoms with Crippen LogP contribution in [-0.4, -0.2) is 22.6 Å². The van der Waals surface area contributed by atoms with Crippen molar-refractivity contribution in [3.8, 4) is 0 Å². The Kier molecular flexibility index (Phi) is 2.82. The van der Waals surface area contributed by atoms with Crippen molar-refractivity contribution in [3.05, 3.63) is 32.5 Å². The van der Waals surface area contributed by atoms with Crippen molar-refractivity contribution in [1.29, 1.82) is 0 Å². The number of carbonyl (C=O) groups is 1. The number of anilines is 1. The van der Waals surface area contributed by atoms with Crippen molar-refractivity contribution in [1.82, 2.24) is 4.98 Å². The number of thiazole rings is 1. The van der Waals surface area contributed by atoms with Crippen molar-refractivity contribution in [2.75, 3.05) is 11.4 Å². The van der Waals surface area contributed by atoms with Crippen LogP contribution in [0.4, 0.5) is 5.13 Å². The van der Waals surface area contributed by atoms with E-state index in [4.69, 9.17) is 0 Å². The average Bonchev–Trinajstić information content (AvgIpc) is 3.11. The highest BCUT2D eigenvalue weighted by Gasteiger charge is 2.33. The van der Waals surface area contributed by atoms with Crippen molar-refractivity contribution < 1.29 is 9.90 Å². The Balaban J connectivity index is 1.62. The third kappa shape index (κ3) is 1.86. The molecule has 2 aliphatic rings. The Labute approximate surface area is 124 Å². The van der Waals surface area contributed by atoms with Gasteiger partial charge in [-0.25, -0.2) is 4.98 Å². The van der Waals surface area contributed by atoms with Crippen LogP contribution in [0.15, 0.2) is 11.4 Å². The second kappa shape index (κ2) is 4.56. The SMILES string of the molecule is O=C(O)C1CCc2sc(N3CCc4sccc4C3)nc21. The third-order valence-electron chi connectivity index (χ3n) is 4.08. The largest absolute Gasteiger partial charge is 0.481 e. The molecule has 0 fully saturated rings. The molecule has 0 amide bonds. The minimum Gasteiger partial charge on any atom is -0.481 e. The number of aliphatic carboxylic acids is 1. The molecule has 0 saturated heterocycles. The Morgan fingerprint density at radius 2 is 2.30 bits per heavy atom. The van der Waals surface area contributed by atoms with E-state index in [0.717, 1.165) is 36.8 Å². The zero-order valence-corrected chi connectivity index (χ0v) is 12.5. The summed E-state index contributed by atoms with van der Waals surface area (Å²) < 4.78 is 0. The molecule has 1 atom stereocenters. The highest BCUT2D eigenvalue weighted by atomic mass is 32.1. The molecule has 0 spiro atoms. The quantitative estimate of drug-likeness (QED) is 0.927. The molecule has 4 nitrogen and oxygen atoms in total. The van der Waals surface area contributed by atoms with Gasteiger partial charge in [-0.15, -0.1) is 22.7 Å². The van der Waals surface area contributed by atoms with Crippen molar-refractivity contribution in [2.45, 2.75) is 31.7 Å². The standard InChI is InChI=1S/C14H14N2O2S2/c17-13(18)9-1-2-11-12(9)15-14(20-11)16-5-3-10-8(7-16)4-6-19-10/h4,6,9H,1-3,5,7H2,(H,17,18). The van der Waals surface area contributed by atoms with E-state index < -0.39 is 11.9 Å². The van der Waals surface area contributed by atoms with Gasteiger partial charge >= 0.3 is 5.97 Å². The van der Waals surface area contributed by atoms with Crippen LogP contribution < -0.4 is 4.90 Å². The number of carboxylic acids is 1. The molecule has 2 aromatic heterocycles. The number of rotatable bonds is 2. The molecule has 20 heavy (non-hydrogen) atoms.